The molecule has 0 spiro atoms. The van der Waals surface area contributed by atoms with E-state index >= 15 is 0 Å². The van der Waals surface area contributed by atoms with Crippen LogP contribution < -0.4 is 5.32 Å². The van der Waals surface area contributed by atoms with E-state index in [1.54, 1.807) is 12.1 Å². The van der Waals surface area contributed by atoms with Gasteiger partial charge in [-0.2, -0.15) is 0 Å². The van der Waals surface area contributed by atoms with Crippen molar-refractivity contribution < 1.29 is 28.8 Å². The van der Waals surface area contributed by atoms with Crippen LogP contribution in [0.1, 0.15) is 20.7 Å². The van der Waals surface area contributed by atoms with E-state index in [4.69, 9.17) is 4.74 Å². The number of rotatable bonds is 7. The van der Waals surface area contributed by atoms with Gasteiger partial charge in [0, 0.05) is 17.0 Å². The summed E-state index contributed by atoms with van der Waals surface area (Å²) >= 11 is 1.44. The zero-order chi connectivity index (χ0) is 20.7. The van der Waals surface area contributed by atoms with E-state index in [1.165, 1.54) is 11.8 Å². The Bertz CT molecular complexity index is 930. The van der Waals surface area contributed by atoms with Gasteiger partial charge < -0.3 is 14.8 Å². The first-order chi connectivity index (χ1) is 13.3. The molecule has 0 aromatic heterocycles. The lowest BCUT2D eigenvalue weighted by atomic mass is 10.1. The van der Waals surface area contributed by atoms with Gasteiger partial charge in [-0.3, -0.25) is 14.9 Å². The molecule has 2 aromatic rings. The van der Waals surface area contributed by atoms with Gasteiger partial charge in [0.2, 0.25) is 0 Å². The molecule has 0 atom stereocenters. The molecule has 1 N–H and O–H groups in total. The molecule has 10 heteroatoms. The van der Waals surface area contributed by atoms with Gasteiger partial charge in [-0.25, -0.2) is 9.59 Å². The molecule has 1 amide bonds. The number of thioether (sulfide) groups is 1. The van der Waals surface area contributed by atoms with Crippen molar-refractivity contribution in [3.8, 4) is 0 Å². The van der Waals surface area contributed by atoms with Crippen molar-refractivity contribution in [3.63, 3.8) is 0 Å². The number of hydrogen-bond donors (Lipinski definition) is 1. The van der Waals surface area contributed by atoms with E-state index in [2.05, 4.69) is 10.1 Å². The van der Waals surface area contributed by atoms with Crippen molar-refractivity contribution in [2.75, 3.05) is 25.3 Å². The number of non-ortho nitro benzene ring substituents is 1. The number of para-hydroxylation sites is 1. The number of nitro groups is 1. The third-order valence-corrected chi connectivity index (χ3v) is 4.30. The second-order valence-electron chi connectivity index (χ2n) is 5.34. The molecule has 0 aliphatic heterocycles. The van der Waals surface area contributed by atoms with Crippen LogP contribution in [0.4, 0.5) is 11.4 Å². The molecule has 2 aromatic carbocycles. The van der Waals surface area contributed by atoms with Gasteiger partial charge in [0.05, 0.1) is 28.8 Å². The third kappa shape index (κ3) is 5.30. The first kappa shape index (κ1) is 20.9. The third-order valence-electron chi connectivity index (χ3n) is 3.50. The van der Waals surface area contributed by atoms with E-state index < -0.39 is 35.1 Å². The van der Waals surface area contributed by atoms with Crippen molar-refractivity contribution in [3.05, 3.63) is 63.7 Å². The van der Waals surface area contributed by atoms with Crippen LogP contribution in [0, 0.1) is 10.1 Å². The Hall–Kier alpha value is -3.40. The van der Waals surface area contributed by atoms with Gasteiger partial charge in [0.1, 0.15) is 0 Å². The smallest absolute Gasteiger partial charge is 0.338 e. The molecule has 28 heavy (non-hydrogen) atoms. The normalized spacial score (nSPS) is 10.1. The Balaban J connectivity index is 2.10. The van der Waals surface area contributed by atoms with Crippen molar-refractivity contribution in [2.24, 2.45) is 0 Å². The summed E-state index contributed by atoms with van der Waals surface area (Å²) in [6.45, 7) is -0.599. The number of esters is 2. The minimum Gasteiger partial charge on any atom is -0.465 e. The van der Waals surface area contributed by atoms with Gasteiger partial charge in [0.15, 0.2) is 6.61 Å². The number of nitrogens with one attached hydrogen (secondary N) is 1. The molecule has 2 rings (SSSR count). The largest absolute Gasteiger partial charge is 0.465 e. The van der Waals surface area contributed by atoms with Gasteiger partial charge in [0.25, 0.3) is 11.6 Å². The highest BCUT2D eigenvalue weighted by Gasteiger charge is 2.20. The molecule has 0 aliphatic rings. The van der Waals surface area contributed by atoms with Crippen LogP contribution >= 0.6 is 11.8 Å². The number of benzene rings is 2. The van der Waals surface area contributed by atoms with E-state index in [9.17, 15) is 24.5 Å². The number of nitro benzene ring substituents is 1. The molecule has 0 radical (unpaired) electrons. The lowest BCUT2D eigenvalue weighted by Gasteiger charge is -2.10. The van der Waals surface area contributed by atoms with Gasteiger partial charge in [-0.15, -0.1) is 11.8 Å². The SMILES string of the molecule is COC(=O)c1cc(C(=O)OCC(=O)Nc2ccccc2SC)cc([N+](=O)[O-])c1. The van der Waals surface area contributed by atoms with E-state index in [-0.39, 0.29) is 11.1 Å². The van der Waals surface area contributed by atoms with Crippen LogP contribution in [0.15, 0.2) is 47.4 Å². The summed E-state index contributed by atoms with van der Waals surface area (Å²) in [4.78, 5) is 46.9. The summed E-state index contributed by atoms with van der Waals surface area (Å²) in [6, 6.07) is 10.1. The first-order valence-corrected chi connectivity index (χ1v) is 9.06. The van der Waals surface area contributed by atoms with Crippen LogP contribution in [0.25, 0.3) is 0 Å². The average Bonchev–Trinajstić information content (AvgIpc) is 2.71. The van der Waals surface area contributed by atoms with E-state index in [1.807, 2.05) is 18.4 Å². The highest BCUT2D eigenvalue weighted by atomic mass is 32.2. The maximum atomic E-state index is 12.2. The molecule has 9 nitrogen and oxygen atoms in total. The lowest BCUT2D eigenvalue weighted by Crippen LogP contribution is -2.21. The number of nitrogens with zero attached hydrogens (tertiary/aromatic N) is 1. The number of carbonyl (C=O) groups excluding carboxylic acids is 3. The molecule has 146 valence electrons. The molecule has 0 aliphatic carbocycles. The molecule has 0 heterocycles. The molecule has 0 unspecified atom stereocenters. The van der Waals surface area contributed by atoms with Gasteiger partial charge in [-0.1, -0.05) is 12.1 Å². The highest BCUT2D eigenvalue weighted by Crippen LogP contribution is 2.24. The quantitative estimate of drug-likeness (QED) is 0.323. The van der Waals surface area contributed by atoms with Gasteiger partial charge >= 0.3 is 11.9 Å². The second-order valence-corrected chi connectivity index (χ2v) is 6.19. The Morgan fingerprint density at radius 3 is 2.36 bits per heavy atom. The van der Waals surface area contributed by atoms with Crippen molar-refractivity contribution in [1.29, 1.82) is 0 Å². The van der Waals surface area contributed by atoms with Gasteiger partial charge in [-0.05, 0) is 24.5 Å². The number of methoxy groups -OCH3 is 1. The summed E-state index contributed by atoms with van der Waals surface area (Å²) < 4.78 is 9.42. The fraction of sp³-hybridized carbons (Fsp3) is 0.167. The zero-order valence-electron chi connectivity index (χ0n) is 15.0. The minimum absolute atomic E-state index is 0.179. The summed E-state index contributed by atoms with van der Waals surface area (Å²) in [5.41, 5.74) is -0.332. The number of amides is 1. The monoisotopic (exact) mass is 404 g/mol. The summed E-state index contributed by atoms with van der Waals surface area (Å²) in [6.07, 6.45) is 1.85. The van der Waals surface area contributed by atoms with Crippen LogP contribution in [0.3, 0.4) is 0 Å². The lowest BCUT2D eigenvalue weighted by molar-refractivity contribution is -0.384. The Labute approximate surface area is 164 Å². The minimum atomic E-state index is -0.984. The Morgan fingerprint density at radius 1 is 1.11 bits per heavy atom. The van der Waals surface area contributed by atoms with E-state index in [0.29, 0.717) is 5.69 Å². The van der Waals surface area contributed by atoms with Crippen LogP contribution in [0.2, 0.25) is 0 Å². The van der Waals surface area contributed by atoms with Crippen LogP contribution in [-0.2, 0) is 14.3 Å². The van der Waals surface area contributed by atoms with Crippen molar-refractivity contribution in [2.45, 2.75) is 4.90 Å². The van der Waals surface area contributed by atoms with Crippen molar-refractivity contribution >= 4 is 41.0 Å². The number of hydrogen-bond acceptors (Lipinski definition) is 8. The summed E-state index contributed by atoms with van der Waals surface area (Å²) in [7, 11) is 1.11. The molecule has 0 saturated heterocycles. The van der Waals surface area contributed by atoms with Crippen molar-refractivity contribution in [1.82, 2.24) is 0 Å². The Morgan fingerprint density at radius 2 is 1.75 bits per heavy atom. The molecule has 0 fully saturated rings. The molecular formula is C18H16N2O7S. The Kier molecular flexibility index (Phi) is 7.10. The fourth-order valence-corrected chi connectivity index (χ4v) is 2.77. The fourth-order valence-electron chi connectivity index (χ4n) is 2.22. The first-order valence-electron chi connectivity index (χ1n) is 7.83. The number of ether oxygens (including phenoxy) is 2. The number of anilines is 1. The van der Waals surface area contributed by atoms with Crippen LogP contribution in [0.5, 0.6) is 0 Å². The summed E-state index contributed by atoms with van der Waals surface area (Å²) in [5, 5.41) is 13.6. The second kappa shape index (κ2) is 9.51. The molecule has 0 bridgehead atoms. The average molecular weight is 404 g/mol. The maximum Gasteiger partial charge on any atom is 0.338 e. The predicted molar refractivity (Wildman–Crippen MR) is 102 cm³/mol. The highest BCUT2D eigenvalue weighted by molar-refractivity contribution is 7.98. The molecular weight excluding hydrogens is 388 g/mol. The van der Waals surface area contributed by atoms with Crippen LogP contribution in [-0.4, -0.2) is 42.7 Å². The predicted octanol–water partition coefficient (Wildman–Crippen LogP) is 2.90. The maximum absolute atomic E-state index is 12.2. The number of carbonyl (C=O) groups is 3. The van der Waals surface area contributed by atoms with E-state index in [0.717, 1.165) is 30.2 Å². The zero-order valence-corrected chi connectivity index (χ0v) is 15.8. The standard InChI is InChI=1S/C18H16N2O7S/c1-26-17(22)11-7-12(9-13(8-11)20(24)25)18(23)27-10-16(21)19-14-5-3-4-6-15(14)28-2/h3-9H,10H2,1-2H3,(H,19,21). The molecule has 0 saturated carbocycles. The summed E-state index contributed by atoms with van der Waals surface area (Å²) in [5.74, 6) is -2.40. The topological polar surface area (TPSA) is 125 Å².